The Balaban J connectivity index is 1.55. The molecular formula is C32H34N4O2. The number of benzene rings is 4. The third-order valence-corrected chi connectivity index (χ3v) is 6.80. The van der Waals surface area contributed by atoms with E-state index in [1.54, 1.807) is 6.07 Å². The molecular weight excluding hydrogens is 472 g/mol. The fourth-order valence-corrected chi connectivity index (χ4v) is 4.65. The SMILES string of the molecule is N=C(N)c1cccc(CC(CO)C(Cc2ccccc2)NC(=O)c2ccc(-c3cccc(CN)c3)cc2)c1. The Morgan fingerprint density at radius 1 is 0.763 bits per heavy atom. The van der Waals surface area contributed by atoms with E-state index < -0.39 is 0 Å². The van der Waals surface area contributed by atoms with E-state index in [-0.39, 0.29) is 30.3 Å². The number of hydrogen-bond donors (Lipinski definition) is 5. The van der Waals surface area contributed by atoms with E-state index in [2.05, 4.69) is 11.4 Å². The first-order valence-electron chi connectivity index (χ1n) is 12.7. The number of aliphatic hydroxyl groups is 1. The highest BCUT2D eigenvalue weighted by molar-refractivity contribution is 5.95. The second kappa shape index (κ2) is 12.8. The van der Waals surface area contributed by atoms with E-state index >= 15 is 0 Å². The topological polar surface area (TPSA) is 125 Å². The van der Waals surface area contributed by atoms with Crippen molar-refractivity contribution in [1.29, 1.82) is 5.41 Å². The van der Waals surface area contributed by atoms with Crippen LogP contribution in [0.4, 0.5) is 0 Å². The molecule has 0 fully saturated rings. The van der Waals surface area contributed by atoms with Gasteiger partial charge in [0.05, 0.1) is 0 Å². The maximum Gasteiger partial charge on any atom is 0.251 e. The van der Waals surface area contributed by atoms with Crippen molar-refractivity contribution >= 4 is 11.7 Å². The van der Waals surface area contributed by atoms with Crippen LogP contribution >= 0.6 is 0 Å². The summed E-state index contributed by atoms with van der Waals surface area (Å²) in [6.07, 6.45) is 1.11. The Bertz CT molecular complexity index is 1370. The zero-order chi connectivity index (χ0) is 26.9. The molecule has 0 aliphatic carbocycles. The lowest BCUT2D eigenvalue weighted by Crippen LogP contribution is -2.44. The third-order valence-electron chi connectivity index (χ3n) is 6.80. The highest BCUT2D eigenvalue weighted by atomic mass is 16.3. The van der Waals surface area contributed by atoms with Crippen molar-refractivity contribution < 1.29 is 9.90 Å². The van der Waals surface area contributed by atoms with Crippen LogP contribution in [-0.2, 0) is 19.4 Å². The molecule has 7 N–H and O–H groups in total. The lowest BCUT2D eigenvalue weighted by molar-refractivity contribution is 0.0903. The third kappa shape index (κ3) is 6.94. The molecule has 0 bridgehead atoms. The van der Waals surface area contributed by atoms with Gasteiger partial charge < -0.3 is 21.9 Å². The molecule has 6 nitrogen and oxygen atoms in total. The molecule has 0 radical (unpaired) electrons. The summed E-state index contributed by atoms with van der Waals surface area (Å²) in [5.41, 5.74) is 17.8. The quantitative estimate of drug-likeness (QED) is 0.154. The van der Waals surface area contributed by atoms with Crippen molar-refractivity contribution in [1.82, 2.24) is 5.32 Å². The van der Waals surface area contributed by atoms with Crippen LogP contribution in [-0.4, -0.2) is 29.5 Å². The average Bonchev–Trinajstić information content (AvgIpc) is 2.96. The number of aliphatic hydroxyl groups excluding tert-OH is 1. The van der Waals surface area contributed by atoms with Gasteiger partial charge in [-0.3, -0.25) is 10.2 Å². The highest BCUT2D eigenvalue weighted by Crippen LogP contribution is 2.22. The number of hydrogen-bond acceptors (Lipinski definition) is 4. The molecule has 4 rings (SSSR count). The minimum Gasteiger partial charge on any atom is -0.396 e. The zero-order valence-electron chi connectivity index (χ0n) is 21.3. The van der Waals surface area contributed by atoms with Gasteiger partial charge in [0.25, 0.3) is 5.91 Å². The van der Waals surface area contributed by atoms with E-state index in [0.29, 0.717) is 30.5 Å². The molecule has 2 unspecified atom stereocenters. The summed E-state index contributed by atoms with van der Waals surface area (Å²) < 4.78 is 0. The molecule has 0 spiro atoms. The van der Waals surface area contributed by atoms with Crippen LogP contribution in [0.5, 0.6) is 0 Å². The summed E-state index contributed by atoms with van der Waals surface area (Å²) in [6.45, 7) is 0.376. The van der Waals surface area contributed by atoms with E-state index in [1.807, 2.05) is 91.0 Å². The molecule has 0 aromatic heterocycles. The predicted octanol–water partition coefficient (Wildman–Crippen LogP) is 4.29. The molecule has 4 aromatic rings. The molecule has 194 valence electrons. The van der Waals surface area contributed by atoms with Crippen molar-refractivity contribution in [3.8, 4) is 11.1 Å². The Kier molecular flexibility index (Phi) is 9.03. The van der Waals surface area contributed by atoms with Gasteiger partial charge in [-0.1, -0.05) is 78.9 Å². The van der Waals surface area contributed by atoms with Crippen LogP contribution in [0.25, 0.3) is 11.1 Å². The zero-order valence-corrected chi connectivity index (χ0v) is 21.3. The van der Waals surface area contributed by atoms with Gasteiger partial charge in [-0.15, -0.1) is 0 Å². The van der Waals surface area contributed by atoms with E-state index in [9.17, 15) is 9.90 Å². The molecule has 38 heavy (non-hydrogen) atoms. The number of amidine groups is 1. The molecule has 0 heterocycles. The van der Waals surface area contributed by atoms with E-state index in [4.69, 9.17) is 16.9 Å². The second-order valence-corrected chi connectivity index (χ2v) is 9.51. The monoisotopic (exact) mass is 506 g/mol. The molecule has 4 aromatic carbocycles. The van der Waals surface area contributed by atoms with Crippen LogP contribution in [0.1, 0.15) is 32.6 Å². The summed E-state index contributed by atoms with van der Waals surface area (Å²) in [7, 11) is 0. The summed E-state index contributed by atoms with van der Waals surface area (Å²) in [6, 6.07) is 32.7. The normalized spacial score (nSPS) is 12.5. The summed E-state index contributed by atoms with van der Waals surface area (Å²) in [5.74, 6) is -0.427. The Morgan fingerprint density at radius 3 is 2.13 bits per heavy atom. The van der Waals surface area contributed by atoms with Gasteiger partial charge in [0, 0.05) is 36.2 Å². The molecule has 1 amide bonds. The molecule has 0 saturated heterocycles. The maximum atomic E-state index is 13.4. The lowest BCUT2D eigenvalue weighted by atomic mass is 9.88. The van der Waals surface area contributed by atoms with Gasteiger partial charge in [-0.05, 0) is 64.9 Å². The highest BCUT2D eigenvalue weighted by Gasteiger charge is 2.24. The minimum atomic E-state index is -0.309. The van der Waals surface area contributed by atoms with Gasteiger partial charge in [0.15, 0.2) is 0 Å². The Morgan fingerprint density at radius 2 is 1.45 bits per heavy atom. The van der Waals surface area contributed by atoms with Crippen LogP contribution in [0.15, 0.2) is 103 Å². The van der Waals surface area contributed by atoms with E-state index in [1.165, 1.54) is 0 Å². The summed E-state index contributed by atoms with van der Waals surface area (Å²) >= 11 is 0. The molecule has 0 aliphatic heterocycles. The van der Waals surface area contributed by atoms with Crippen LogP contribution in [0.3, 0.4) is 0 Å². The Labute approximate surface area is 223 Å². The largest absolute Gasteiger partial charge is 0.396 e. The van der Waals surface area contributed by atoms with Crippen molar-refractivity contribution in [3.63, 3.8) is 0 Å². The van der Waals surface area contributed by atoms with Gasteiger partial charge in [0.2, 0.25) is 0 Å². The first kappa shape index (κ1) is 26.8. The second-order valence-electron chi connectivity index (χ2n) is 9.51. The lowest BCUT2D eigenvalue weighted by Gasteiger charge is -2.27. The van der Waals surface area contributed by atoms with Gasteiger partial charge >= 0.3 is 0 Å². The number of nitrogens with two attached hydrogens (primary N) is 2. The number of rotatable bonds is 11. The van der Waals surface area contributed by atoms with Gasteiger partial charge in [-0.25, -0.2) is 0 Å². The van der Waals surface area contributed by atoms with E-state index in [0.717, 1.165) is 27.8 Å². The van der Waals surface area contributed by atoms with Crippen LogP contribution in [0.2, 0.25) is 0 Å². The number of nitrogens with one attached hydrogen (secondary N) is 2. The fraction of sp³-hybridized carbons (Fsp3) is 0.188. The fourth-order valence-electron chi connectivity index (χ4n) is 4.65. The molecule has 2 atom stereocenters. The van der Waals surface area contributed by atoms with Gasteiger partial charge in [0.1, 0.15) is 5.84 Å². The maximum absolute atomic E-state index is 13.4. The number of carbonyl (C=O) groups excluding carboxylic acids is 1. The standard InChI is InChI=1S/C32H34N4O2/c33-20-24-9-5-10-27(18-24)25-12-14-26(15-13-25)32(38)36-30(19-22-6-2-1-3-7-22)29(21-37)17-23-8-4-11-28(16-23)31(34)35/h1-16,18,29-30,37H,17,19-21,33H2,(H3,34,35)(H,36,38). The van der Waals surface area contributed by atoms with Crippen molar-refractivity contribution in [2.75, 3.05) is 6.61 Å². The van der Waals surface area contributed by atoms with Gasteiger partial charge in [-0.2, -0.15) is 0 Å². The number of nitrogen functional groups attached to an aromatic ring is 1. The summed E-state index contributed by atoms with van der Waals surface area (Å²) in [4.78, 5) is 13.4. The number of carbonyl (C=O) groups is 1. The molecule has 0 aliphatic rings. The molecule has 0 saturated carbocycles. The number of amides is 1. The predicted molar refractivity (Wildman–Crippen MR) is 153 cm³/mol. The van der Waals surface area contributed by atoms with Crippen molar-refractivity contribution in [2.45, 2.75) is 25.4 Å². The van der Waals surface area contributed by atoms with Crippen molar-refractivity contribution in [2.24, 2.45) is 17.4 Å². The van der Waals surface area contributed by atoms with Crippen molar-refractivity contribution in [3.05, 3.63) is 131 Å². The average molecular weight is 507 g/mol. The smallest absolute Gasteiger partial charge is 0.251 e. The first-order valence-corrected chi connectivity index (χ1v) is 12.7. The molecule has 6 heteroatoms. The first-order chi connectivity index (χ1) is 18.5. The van der Waals surface area contributed by atoms with Crippen LogP contribution < -0.4 is 16.8 Å². The minimum absolute atomic E-state index is 0.000243. The van der Waals surface area contributed by atoms with Crippen LogP contribution in [0, 0.1) is 11.3 Å². The summed E-state index contributed by atoms with van der Waals surface area (Å²) in [5, 5.41) is 21.3. The Hall–Kier alpha value is -4.26.